The van der Waals surface area contributed by atoms with Gasteiger partial charge >= 0.3 is 29.6 Å². The molecule has 0 aliphatic carbocycles. The number of hydrogen-bond donors (Lipinski definition) is 2. The van der Waals surface area contributed by atoms with Crippen LogP contribution in [0.3, 0.4) is 0 Å². The van der Waals surface area contributed by atoms with E-state index in [2.05, 4.69) is 22.9 Å². The Bertz CT molecular complexity index is 375. The van der Waals surface area contributed by atoms with Crippen molar-refractivity contribution in [3.8, 4) is 6.19 Å². The van der Waals surface area contributed by atoms with E-state index in [9.17, 15) is 0 Å². The summed E-state index contributed by atoms with van der Waals surface area (Å²) in [6.07, 6.45) is 1.62. The summed E-state index contributed by atoms with van der Waals surface area (Å²) >= 11 is 9.66. The summed E-state index contributed by atoms with van der Waals surface area (Å²) in [5.41, 5.74) is 0.747. The fourth-order valence-corrected chi connectivity index (χ4v) is 1.13. The molecule has 14 heavy (non-hydrogen) atoms. The fraction of sp³-hybridized carbons (Fsp3) is 0. The Morgan fingerprint density at radius 2 is 2.29 bits per heavy atom. The van der Waals surface area contributed by atoms with E-state index in [1.807, 2.05) is 0 Å². The van der Waals surface area contributed by atoms with Crippen molar-refractivity contribution < 1.29 is 0 Å². The van der Waals surface area contributed by atoms with Gasteiger partial charge in [-0.2, -0.15) is 5.26 Å². The summed E-state index contributed by atoms with van der Waals surface area (Å²) in [5, 5.41) is 11.9. The second-order valence-corrected chi connectivity index (χ2v) is 3.03. The summed E-state index contributed by atoms with van der Waals surface area (Å²) < 4.78 is 0. The van der Waals surface area contributed by atoms with E-state index in [1.165, 1.54) is 0 Å². The molecule has 0 saturated carbocycles. The minimum absolute atomic E-state index is 0. The molecule has 0 fully saturated rings. The molecule has 0 aromatic heterocycles. The van der Waals surface area contributed by atoms with Crippen LogP contribution < -0.4 is 5.32 Å². The second-order valence-electron chi connectivity index (χ2n) is 2.17. The average Bonchev–Trinajstić information content (AvgIpc) is 2.04. The van der Waals surface area contributed by atoms with Gasteiger partial charge in [0.15, 0.2) is 5.17 Å². The van der Waals surface area contributed by atoms with Gasteiger partial charge in [0.05, 0.1) is 0 Å². The van der Waals surface area contributed by atoms with Gasteiger partial charge in [0.1, 0.15) is 0 Å². The molecule has 1 aromatic carbocycles. The van der Waals surface area contributed by atoms with Gasteiger partial charge in [-0.3, -0.25) is 0 Å². The van der Waals surface area contributed by atoms with E-state index >= 15 is 0 Å². The van der Waals surface area contributed by atoms with Crippen molar-refractivity contribution in [2.45, 2.75) is 0 Å². The number of nitrogens with one attached hydrogen (secondary N) is 1. The fourth-order valence-electron chi connectivity index (χ4n) is 0.771. The van der Waals surface area contributed by atoms with Crippen molar-refractivity contribution in [1.29, 1.82) is 5.26 Å². The molecule has 0 aliphatic rings. The number of anilines is 1. The van der Waals surface area contributed by atoms with Gasteiger partial charge in [-0.25, -0.2) is 0 Å². The molecular weight excluding hydrogens is 229 g/mol. The Balaban J connectivity index is 0.00000169. The van der Waals surface area contributed by atoms with Crippen LogP contribution in [0.2, 0.25) is 5.02 Å². The van der Waals surface area contributed by atoms with E-state index in [1.54, 1.807) is 30.5 Å². The molecule has 0 atom stereocenters. The molecule has 3 nitrogen and oxygen atoms in total. The average molecular weight is 236 g/mol. The van der Waals surface area contributed by atoms with Gasteiger partial charge in [-0.1, -0.05) is 17.7 Å². The first-order valence-corrected chi connectivity index (χ1v) is 4.23. The summed E-state index contributed by atoms with van der Waals surface area (Å²) in [5.74, 6) is 0. The molecule has 0 saturated heterocycles. The van der Waals surface area contributed by atoms with E-state index in [-0.39, 0.29) is 34.7 Å². The van der Waals surface area contributed by atoms with Crippen LogP contribution in [-0.4, -0.2) is 34.7 Å². The molecule has 0 unspecified atom stereocenters. The van der Waals surface area contributed by atoms with Crippen LogP contribution in [0.1, 0.15) is 0 Å². The van der Waals surface area contributed by atoms with Crippen molar-refractivity contribution in [2.24, 2.45) is 4.99 Å². The number of hydrogen-bond acceptors (Lipinski definition) is 2. The third kappa shape index (κ3) is 4.89. The Hall–Kier alpha value is -0.180. The van der Waals surface area contributed by atoms with Crippen LogP contribution in [0.5, 0.6) is 0 Å². The SMILES string of the molecule is N#CN=C(S)Nc1cccc(Cl)c1.[NaH]. The Morgan fingerprint density at radius 3 is 2.86 bits per heavy atom. The standard InChI is InChI=1S/C8H6ClN3S.Na.H/c9-6-2-1-3-7(4-6)12-8(13)11-5-10;;/h1-4H,(H2,11,12,13);;. The number of amidine groups is 1. The van der Waals surface area contributed by atoms with Gasteiger partial charge in [-0.15, -0.1) is 17.6 Å². The van der Waals surface area contributed by atoms with Crippen LogP contribution in [-0.2, 0) is 0 Å². The molecule has 0 amide bonds. The monoisotopic (exact) mass is 235 g/mol. The topological polar surface area (TPSA) is 48.2 Å². The first-order valence-electron chi connectivity index (χ1n) is 3.40. The second kappa shape index (κ2) is 7.16. The van der Waals surface area contributed by atoms with Gasteiger partial charge in [0, 0.05) is 10.7 Å². The van der Waals surface area contributed by atoms with E-state index in [0.29, 0.717) is 5.02 Å². The molecule has 0 bridgehead atoms. The zero-order chi connectivity index (χ0) is 9.68. The van der Waals surface area contributed by atoms with Gasteiger partial charge in [-0.05, 0) is 18.2 Å². The molecule has 0 radical (unpaired) electrons. The van der Waals surface area contributed by atoms with Crippen molar-refractivity contribution in [2.75, 3.05) is 5.32 Å². The van der Waals surface area contributed by atoms with Crippen LogP contribution >= 0.6 is 24.2 Å². The molecule has 1 aromatic rings. The van der Waals surface area contributed by atoms with Gasteiger partial charge < -0.3 is 5.32 Å². The molecule has 1 rings (SSSR count). The molecule has 0 spiro atoms. The van der Waals surface area contributed by atoms with Gasteiger partial charge in [0.2, 0.25) is 6.19 Å². The minimum atomic E-state index is 0. The molecule has 68 valence electrons. The Labute approximate surface area is 115 Å². The van der Waals surface area contributed by atoms with E-state index in [4.69, 9.17) is 16.9 Å². The number of rotatable bonds is 1. The van der Waals surface area contributed by atoms with Crippen molar-refractivity contribution in [1.82, 2.24) is 0 Å². The quantitative estimate of drug-likeness (QED) is 0.257. The normalized spacial score (nSPS) is 9.93. The number of nitriles is 1. The predicted octanol–water partition coefficient (Wildman–Crippen LogP) is 1.87. The maximum atomic E-state index is 8.22. The summed E-state index contributed by atoms with van der Waals surface area (Å²) in [6.45, 7) is 0. The third-order valence-corrected chi connectivity index (χ3v) is 1.68. The number of aliphatic imine (C=N–C) groups is 1. The zero-order valence-electron chi connectivity index (χ0n) is 6.53. The Morgan fingerprint density at radius 1 is 1.57 bits per heavy atom. The van der Waals surface area contributed by atoms with Crippen LogP contribution in [0, 0.1) is 11.5 Å². The summed E-state index contributed by atoms with van der Waals surface area (Å²) in [4.78, 5) is 3.38. The first-order chi connectivity index (χ1) is 6.22. The molecule has 6 heteroatoms. The summed E-state index contributed by atoms with van der Waals surface area (Å²) in [6, 6.07) is 7.06. The van der Waals surface area contributed by atoms with Crippen LogP contribution in [0.25, 0.3) is 0 Å². The van der Waals surface area contributed by atoms with Crippen molar-refractivity contribution >= 4 is 64.6 Å². The van der Waals surface area contributed by atoms with E-state index in [0.717, 1.165) is 5.69 Å². The molecular formula is C8H7ClN3NaS. The maximum absolute atomic E-state index is 8.22. The van der Waals surface area contributed by atoms with Gasteiger partial charge in [0.25, 0.3) is 0 Å². The third-order valence-electron chi connectivity index (χ3n) is 1.24. The number of halogens is 1. The number of thiol groups is 1. The van der Waals surface area contributed by atoms with Crippen LogP contribution in [0.4, 0.5) is 5.69 Å². The number of benzene rings is 1. The predicted molar refractivity (Wildman–Crippen MR) is 64.3 cm³/mol. The molecule has 0 aliphatic heterocycles. The van der Waals surface area contributed by atoms with Crippen LogP contribution in [0.15, 0.2) is 29.3 Å². The van der Waals surface area contributed by atoms with Crippen molar-refractivity contribution in [3.63, 3.8) is 0 Å². The number of nitrogens with zero attached hydrogens (tertiary/aromatic N) is 2. The summed E-state index contributed by atoms with van der Waals surface area (Å²) in [7, 11) is 0. The van der Waals surface area contributed by atoms with E-state index < -0.39 is 0 Å². The van der Waals surface area contributed by atoms with Crippen molar-refractivity contribution in [3.05, 3.63) is 29.3 Å². The molecule has 1 N–H and O–H groups in total. The first kappa shape index (κ1) is 13.8. The zero-order valence-corrected chi connectivity index (χ0v) is 8.18. The molecule has 0 heterocycles. The Kier molecular flexibility index (Phi) is 7.06.